The van der Waals surface area contributed by atoms with Gasteiger partial charge in [0.1, 0.15) is 12.5 Å². The first-order valence-corrected chi connectivity index (χ1v) is 11.6. The summed E-state index contributed by atoms with van der Waals surface area (Å²) in [5.41, 5.74) is 4.23. The van der Waals surface area contributed by atoms with Gasteiger partial charge in [-0.25, -0.2) is 13.6 Å². The largest absolute Gasteiger partial charge is 0.481 e. The van der Waals surface area contributed by atoms with E-state index >= 15 is 0 Å². The molecule has 1 fully saturated rings. The van der Waals surface area contributed by atoms with Crippen LogP contribution in [0.2, 0.25) is 0 Å². The van der Waals surface area contributed by atoms with E-state index in [1.54, 1.807) is 13.8 Å². The highest BCUT2D eigenvalue weighted by Crippen LogP contribution is 2.55. The molecule has 0 spiro atoms. The monoisotopic (exact) mass is 486 g/mol. The van der Waals surface area contributed by atoms with E-state index in [9.17, 15) is 23.2 Å². The normalized spacial score (nSPS) is 19.6. The fourth-order valence-corrected chi connectivity index (χ4v) is 4.84. The van der Waals surface area contributed by atoms with Crippen LogP contribution in [0.1, 0.15) is 37.3 Å². The van der Waals surface area contributed by atoms with Gasteiger partial charge in [-0.2, -0.15) is 0 Å². The Bertz CT molecular complexity index is 1090. The summed E-state index contributed by atoms with van der Waals surface area (Å²) >= 11 is 0. The van der Waals surface area contributed by atoms with Crippen molar-refractivity contribution in [2.45, 2.75) is 38.2 Å². The van der Waals surface area contributed by atoms with E-state index in [1.165, 1.54) is 0 Å². The number of alkyl halides is 2. The number of alkyl carbamates (subject to hydrolysis) is 1. The number of halogens is 2. The average molecular weight is 487 g/mol. The molecule has 2 aliphatic carbocycles. The van der Waals surface area contributed by atoms with Gasteiger partial charge >= 0.3 is 12.1 Å². The van der Waals surface area contributed by atoms with E-state index in [-0.39, 0.29) is 25.5 Å². The number of carbonyl (C=O) groups is 3. The summed E-state index contributed by atoms with van der Waals surface area (Å²) in [6.07, 6.45) is -1.16. The number of ether oxygens (including phenoxy) is 1. The molecule has 186 valence electrons. The zero-order chi connectivity index (χ0) is 25.3. The number of nitrogens with one attached hydrogen (secondary N) is 1. The van der Waals surface area contributed by atoms with Crippen molar-refractivity contribution >= 4 is 18.0 Å². The molecule has 2 aromatic rings. The van der Waals surface area contributed by atoms with E-state index in [0.717, 1.165) is 27.2 Å². The number of benzene rings is 2. The lowest BCUT2D eigenvalue weighted by Gasteiger charge is -2.26. The van der Waals surface area contributed by atoms with E-state index in [0.29, 0.717) is 0 Å². The zero-order valence-corrected chi connectivity index (χ0v) is 19.5. The quantitative estimate of drug-likeness (QED) is 0.556. The molecule has 2 atom stereocenters. The molecule has 0 bridgehead atoms. The first kappa shape index (κ1) is 24.6. The van der Waals surface area contributed by atoms with Crippen molar-refractivity contribution in [3.05, 3.63) is 59.7 Å². The number of amides is 2. The second kappa shape index (κ2) is 9.64. The summed E-state index contributed by atoms with van der Waals surface area (Å²) in [4.78, 5) is 37.0. The van der Waals surface area contributed by atoms with Gasteiger partial charge < -0.3 is 20.1 Å². The van der Waals surface area contributed by atoms with Crippen molar-refractivity contribution in [2.24, 2.45) is 11.8 Å². The van der Waals surface area contributed by atoms with Crippen LogP contribution in [0.5, 0.6) is 0 Å². The van der Waals surface area contributed by atoms with Gasteiger partial charge in [-0.3, -0.25) is 9.59 Å². The summed E-state index contributed by atoms with van der Waals surface area (Å²) < 4.78 is 34.2. The van der Waals surface area contributed by atoms with Gasteiger partial charge in [0.05, 0.1) is 12.3 Å². The number of carboxylic acid groups (broad SMARTS) is 1. The highest BCUT2D eigenvalue weighted by molar-refractivity contribution is 5.84. The number of carboxylic acids is 1. The lowest BCUT2D eigenvalue weighted by molar-refractivity contribution is -0.140. The summed E-state index contributed by atoms with van der Waals surface area (Å²) in [5, 5.41) is 11.2. The fourth-order valence-electron chi connectivity index (χ4n) is 4.84. The number of fused-ring (bicyclic) bond motifs is 3. The minimum absolute atomic E-state index is 0.0552. The molecule has 1 saturated carbocycles. The predicted octanol–water partition coefficient (Wildman–Crippen LogP) is 4.12. The number of carbonyl (C=O) groups excluding carboxylic acids is 2. The van der Waals surface area contributed by atoms with E-state index < -0.39 is 48.3 Å². The van der Waals surface area contributed by atoms with Gasteiger partial charge in [-0.1, -0.05) is 48.5 Å². The van der Waals surface area contributed by atoms with Crippen molar-refractivity contribution in [2.75, 3.05) is 19.7 Å². The summed E-state index contributed by atoms with van der Waals surface area (Å²) in [6.45, 7) is 2.78. The highest BCUT2D eigenvalue weighted by atomic mass is 19.3. The Kier molecular flexibility index (Phi) is 6.78. The van der Waals surface area contributed by atoms with Crippen LogP contribution in [0.3, 0.4) is 0 Å². The van der Waals surface area contributed by atoms with Crippen LogP contribution in [0.4, 0.5) is 13.6 Å². The van der Waals surface area contributed by atoms with Crippen LogP contribution in [0, 0.1) is 11.8 Å². The smallest absolute Gasteiger partial charge is 0.407 e. The number of rotatable bonds is 9. The first-order valence-electron chi connectivity index (χ1n) is 11.6. The van der Waals surface area contributed by atoms with E-state index in [2.05, 4.69) is 5.32 Å². The molecule has 0 aromatic heterocycles. The van der Waals surface area contributed by atoms with Crippen molar-refractivity contribution in [1.82, 2.24) is 10.2 Å². The van der Waals surface area contributed by atoms with Gasteiger partial charge in [-0.15, -0.1) is 0 Å². The van der Waals surface area contributed by atoms with Crippen LogP contribution in [-0.2, 0) is 14.3 Å². The van der Waals surface area contributed by atoms with Crippen molar-refractivity contribution in [3.8, 4) is 11.1 Å². The molecule has 35 heavy (non-hydrogen) atoms. The van der Waals surface area contributed by atoms with Crippen LogP contribution in [-0.4, -0.2) is 59.6 Å². The van der Waals surface area contributed by atoms with Gasteiger partial charge in [0.2, 0.25) is 5.91 Å². The highest BCUT2D eigenvalue weighted by Gasteiger charge is 2.72. The Morgan fingerprint density at radius 1 is 1.06 bits per heavy atom. The Hall–Kier alpha value is -3.49. The molecule has 0 saturated heterocycles. The number of aliphatic carboxylic acids is 1. The average Bonchev–Trinajstić information content (AvgIpc) is 3.22. The molecule has 0 aliphatic heterocycles. The molecular formula is C26H28F2N2O5. The topological polar surface area (TPSA) is 95.9 Å². The van der Waals surface area contributed by atoms with Gasteiger partial charge in [-0.05, 0) is 36.1 Å². The van der Waals surface area contributed by atoms with Crippen molar-refractivity contribution in [1.29, 1.82) is 0 Å². The number of hydrogen-bond acceptors (Lipinski definition) is 4. The fraction of sp³-hybridized carbons (Fsp3) is 0.423. The second-order valence-corrected chi connectivity index (χ2v) is 9.23. The van der Waals surface area contributed by atoms with E-state index in [4.69, 9.17) is 9.84 Å². The van der Waals surface area contributed by atoms with Crippen molar-refractivity contribution in [3.63, 3.8) is 0 Å². The van der Waals surface area contributed by atoms with E-state index in [1.807, 2.05) is 48.5 Å². The van der Waals surface area contributed by atoms with Crippen molar-refractivity contribution < 1.29 is 33.0 Å². The second-order valence-electron chi connectivity index (χ2n) is 9.23. The lowest BCUT2D eigenvalue weighted by atomic mass is 9.98. The molecule has 7 nitrogen and oxygen atoms in total. The molecule has 2 aliphatic rings. The Morgan fingerprint density at radius 3 is 2.17 bits per heavy atom. The maximum Gasteiger partial charge on any atom is 0.407 e. The Balaban J connectivity index is 1.33. The third-order valence-corrected chi connectivity index (χ3v) is 6.75. The van der Waals surface area contributed by atoms with Gasteiger partial charge in [0.15, 0.2) is 0 Å². The third kappa shape index (κ3) is 4.85. The summed E-state index contributed by atoms with van der Waals surface area (Å²) in [7, 11) is 0. The molecule has 9 heteroatoms. The molecule has 4 rings (SSSR count). The predicted molar refractivity (Wildman–Crippen MR) is 124 cm³/mol. The molecule has 0 radical (unpaired) electrons. The van der Waals surface area contributed by atoms with Gasteiger partial charge in [0, 0.05) is 25.0 Å². The number of hydrogen-bond donors (Lipinski definition) is 2. The molecule has 0 unspecified atom stereocenters. The van der Waals surface area contributed by atoms with Crippen LogP contribution >= 0.6 is 0 Å². The SMILES string of the molecule is CC(C)N(CCC(=O)O)C(=O)[C@@H]1[C@H](CNC(=O)OCC2c3ccccc3-c3ccccc32)C1(F)F. The first-order chi connectivity index (χ1) is 16.6. The minimum Gasteiger partial charge on any atom is -0.481 e. The molecule has 2 amide bonds. The van der Waals surface area contributed by atoms with Crippen LogP contribution in [0.25, 0.3) is 11.1 Å². The Morgan fingerprint density at radius 2 is 1.63 bits per heavy atom. The Labute approximate surface area is 202 Å². The maximum absolute atomic E-state index is 14.4. The molecule has 0 heterocycles. The van der Waals surface area contributed by atoms with Crippen LogP contribution in [0.15, 0.2) is 48.5 Å². The minimum atomic E-state index is -3.27. The molecular weight excluding hydrogens is 458 g/mol. The maximum atomic E-state index is 14.4. The van der Waals surface area contributed by atoms with Gasteiger partial charge in [0.25, 0.3) is 5.92 Å². The molecule has 2 N–H and O–H groups in total. The molecule has 2 aromatic carbocycles. The van der Waals surface area contributed by atoms with Crippen LogP contribution < -0.4 is 5.32 Å². The third-order valence-electron chi connectivity index (χ3n) is 6.75. The lowest BCUT2D eigenvalue weighted by Crippen LogP contribution is -2.40. The summed E-state index contributed by atoms with van der Waals surface area (Å²) in [5.74, 6) is -8.29. The number of nitrogens with zero attached hydrogens (tertiary/aromatic N) is 1. The standard InChI is InChI=1S/C26H28F2N2O5/c1-15(2)30(12-11-22(31)32)24(33)23-21(26(23,27)28)13-29-25(34)35-14-20-18-9-5-3-7-16(18)17-8-4-6-10-19(17)20/h3-10,15,20-21,23H,11-14H2,1-2H3,(H,29,34)(H,31,32)/t21-,23-/m0/s1. The zero-order valence-electron chi connectivity index (χ0n) is 19.5. The summed E-state index contributed by atoms with van der Waals surface area (Å²) in [6, 6.07) is 15.3.